The summed E-state index contributed by atoms with van der Waals surface area (Å²) in [5.41, 5.74) is 6.52. The number of rotatable bonds is 2. The molecule has 3 fully saturated rings. The van der Waals surface area contributed by atoms with Crippen molar-refractivity contribution in [3.05, 3.63) is 0 Å². The summed E-state index contributed by atoms with van der Waals surface area (Å²) < 4.78 is 11.4. The van der Waals surface area contributed by atoms with Crippen molar-refractivity contribution in [2.75, 3.05) is 32.9 Å². The largest absolute Gasteiger partial charge is 0.381 e. The highest BCUT2D eigenvalue weighted by Crippen LogP contribution is 2.30. The van der Waals surface area contributed by atoms with E-state index < -0.39 is 0 Å². The fourth-order valence-electron chi connectivity index (χ4n) is 3.71. The Morgan fingerprint density at radius 1 is 1.11 bits per heavy atom. The monoisotopic (exact) mass is 254 g/mol. The zero-order valence-corrected chi connectivity index (χ0v) is 11.3. The van der Waals surface area contributed by atoms with E-state index >= 15 is 0 Å². The van der Waals surface area contributed by atoms with E-state index in [0.717, 1.165) is 45.8 Å². The van der Waals surface area contributed by atoms with E-state index in [4.69, 9.17) is 15.2 Å². The third-order valence-corrected chi connectivity index (χ3v) is 4.85. The summed E-state index contributed by atoms with van der Waals surface area (Å²) in [6, 6.07) is 0.621. The fraction of sp³-hybridized carbons (Fsp3) is 1.00. The van der Waals surface area contributed by atoms with Gasteiger partial charge in [-0.3, -0.25) is 4.90 Å². The van der Waals surface area contributed by atoms with Crippen LogP contribution in [0.3, 0.4) is 0 Å². The van der Waals surface area contributed by atoms with Gasteiger partial charge in [-0.15, -0.1) is 0 Å². The number of hydrogen-bond donors (Lipinski definition) is 1. The minimum absolute atomic E-state index is 0.0302. The molecule has 0 radical (unpaired) electrons. The van der Waals surface area contributed by atoms with Crippen LogP contribution >= 0.6 is 0 Å². The first-order valence-corrected chi connectivity index (χ1v) is 7.49. The van der Waals surface area contributed by atoms with Gasteiger partial charge in [0.2, 0.25) is 0 Å². The highest BCUT2D eigenvalue weighted by Gasteiger charge is 2.38. The molecule has 2 aliphatic heterocycles. The van der Waals surface area contributed by atoms with Gasteiger partial charge in [0.1, 0.15) is 0 Å². The lowest BCUT2D eigenvalue weighted by atomic mass is 9.86. The second-order valence-electron chi connectivity index (χ2n) is 6.21. The van der Waals surface area contributed by atoms with Crippen molar-refractivity contribution in [1.82, 2.24) is 4.90 Å². The molecule has 4 heteroatoms. The van der Waals surface area contributed by atoms with E-state index in [9.17, 15) is 0 Å². The number of hydrogen-bond acceptors (Lipinski definition) is 4. The van der Waals surface area contributed by atoms with Crippen LogP contribution in [0.4, 0.5) is 0 Å². The predicted molar refractivity (Wildman–Crippen MR) is 70.5 cm³/mol. The number of nitrogens with zero attached hydrogens (tertiary/aromatic N) is 1. The first-order chi connectivity index (χ1) is 8.77. The zero-order chi connectivity index (χ0) is 12.4. The van der Waals surface area contributed by atoms with Crippen LogP contribution in [0, 0.1) is 0 Å². The van der Waals surface area contributed by atoms with Crippen LogP contribution in [0.15, 0.2) is 0 Å². The number of fused-ring (bicyclic) bond motifs is 1. The van der Waals surface area contributed by atoms with Crippen LogP contribution in [0.1, 0.15) is 38.5 Å². The minimum atomic E-state index is -0.0302. The van der Waals surface area contributed by atoms with E-state index in [1.807, 2.05) is 0 Å². The quantitative estimate of drug-likeness (QED) is 0.803. The zero-order valence-electron chi connectivity index (χ0n) is 11.3. The lowest BCUT2D eigenvalue weighted by molar-refractivity contribution is -0.0980. The van der Waals surface area contributed by atoms with E-state index in [1.54, 1.807) is 0 Å². The molecule has 2 atom stereocenters. The van der Waals surface area contributed by atoms with Crippen molar-refractivity contribution in [2.45, 2.75) is 56.2 Å². The van der Waals surface area contributed by atoms with Crippen molar-refractivity contribution in [2.24, 2.45) is 5.73 Å². The molecule has 2 heterocycles. The Kier molecular flexibility index (Phi) is 3.89. The van der Waals surface area contributed by atoms with Crippen molar-refractivity contribution in [3.8, 4) is 0 Å². The van der Waals surface area contributed by atoms with Gasteiger partial charge in [-0.2, -0.15) is 0 Å². The van der Waals surface area contributed by atoms with Crippen LogP contribution in [0.2, 0.25) is 0 Å². The van der Waals surface area contributed by atoms with Gasteiger partial charge in [-0.1, -0.05) is 12.8 Å². The van der Waals surface area contributed by atoms with Crippen molar-refractivity contribution in [3.63, 3.8) is 0 Å². The van der Waals surface area contributed by atoms with Gasteiger partial charge < -0.3 is 15.2 Å². The lowest BCUT2D eigenvalue weighted by Crippen LogP contribution is -2.60. The summed E-state index contributed by atoms with van der Waals surface area (Å²) in [5, 5.41) is 0. The molecular weight excluding hydrogens is 228 g/mol. The summed E-state index contributed by atoms with van der Waals surface area (Å²) >= 11 is 0. The average molecular weight is 254 g/mol. The van der Waals surface area contributed by atoms with Crippen LogP contribution in [-0.4, -0.2) is 55.5 Å². The molecule has 4 nitrogen and oxygen atoms in total. The third kappa shape index (κ3) is 2.72. The Bertz CT molecular complexity index is 277. The summed E-state index contributed by atoms with van der Waals surface area (Å²) in [5.74, 6) is 0. The summed E-state index contributed by atoms with van der Waals surface area (Å²) in [6.45, 7) is 4.62. The maximum atomic E-state index is 6.55. The normalized spacial score (nSPS) is 37.2. The molecule has 2 N–H and O–H groups in total. The molecule has 0 spiro atoms. The molecule has 3 rings (SSSR count). The highest BCUT2D eigenvalue weighted by atomic mass is 16.5. The molecule has 1 saturated carbocycles. The van der Waals surface area contributed by atoms with Crippen molar-refractivity contribution >= 4 is 0 Å². The maximum Gasteiger partial charge on any atom is 0.0730 e. The Balaban J connectivity index is 1.63. The number of nitrogens with two attached hydrogens (primary N) is 1. The SMILES string of the molecule is NC1(CN2CCOC3CCCCC32)CCOCC1. The standard InChI is InChI=1S/C14H26N2O2/c15-14(5-8-17-9-6-14)11-16-7-10-18-13-4-2-1-3-12(13)16/h12-13H,1-11,15H2. The van der Waals surface area contributed by atoms with Crippen LogP contribution in [0.5, 0.6) is 0 Å². The molecule has 2 unspecified atom stereocenters. The molecule has 104 valence electrons. The van der Waals surface area contributed by atoms with Gasteiger partial charge in [0.05, 0.1) is 12.7 Å². The van der Waals surface area contributed by atoms with Gasteiger partial charge in [0, 0.05) is 37.9 Å². The molecule has 0 amide bonds. The Hall–Kier alpha value is -0.160. The number of morpholine rings is 1. The van der Waals surface area contributed by atoms with E-state index in [1.165, 1.54) is 25.7 Å². The second kappa shape index (κ2) is 5.45. The molecule has 1 aliphatic carbocycles. The highest BCUT2D eigenvalue weighted by molar-refractivity contribution is 4.95. The molecule has 18 heavy (non-hydrogen) atoms. The minimum Gasteiger partial charge on any atom is -0.381 e. The van der Waals surface area contributed by atoms with Crippen LogP contribution < -0.4 is 5.73 Å². The van der Waals surface area contributed by atoms with Crippen molar-refractivity contribution in [1.29, 1.82) is 0 Å². The first-order valence-electron chi connectivity index (χ1n) is 7.49. The van der Waals surface area contributed by atoms with E-state index in [-0.39, 0.29) is 5.54 Å². The Morgan fingerprint density at radius 2 is 1.89 bits per heavy atom. The van der Waals surface area contributed by atoms with Gasteiger partial charge >= 0.3 is 0 Å². The topological polar surface area (TPSA) is 47.7 Å². The van der Waals surface area contributed by atoms with Gasteiger partial charge in [0.25, 0.3) is 0 Å². The predicted octanol–water partition coefficient (Wildman–Crippen LogP) is 1.14. The van der Waals surface area contributed by atoms with Crippen LogP contribution in [-0.2, 0) is 9.47 Å². The van der Waals surface area contributed by atoms with Gasteiger partial charge in [-0.25, -0.2) is 0 Å². The Morgan fingerprint density at radius 3 is 2.72 bits per heavy atom. The molecule has 0 aromatic carbocycles. The number of ether oxygens (including phenoxy) is 2. The molecule has 2 saturated heterocycles. The van der Waals surface area contributed by atoms with E-state index in [2.05, 4.69) is 4.90 Å². The van der Waals surface area contributed by atoms with Gasteiger partial charge in [0.15, 0.2) is 0 Å². The lowest BCUT2D eigenvalue weighted by Gasteiger charge is -2.47. The third-order valence-electron chi connectivity index (χ3n) is 4.85. The van der Waals surface area contributed by atoms with E-state index in [0.29, 0.717) is 12.1 Å². The Labute approximate surface area is 110 Å². The van der Waals surface area contributed by atoms with Crippen LogP contribution in [0.25, 0.3) is 0 Å². The maximum absolute atomic E-state index is 6.55. The summed E-state index contributed by atoms with van der Waals surface area (Å²) in [4.78, 5) is 2.61. The van der Waals surface area contributed by atoms with Crippen molar-refractivity contribution < 1.29 is 9.47 Å². The smallest absolute Gasteiger partial charge is 0.0730 e. The second-order valence-corrected chi connectivity index (χ2v) is 6.21. The first kappa shape index (κ1) is 12.9. The molecular formula is C14H26N2O2. The molecule has 0 aromatic rings. The molecule has 3 aliphatic rings. The molecule has 0 bridgehead atoms. The molecule has 0 aromatic heterocycles. The summed E-state index contributed by atoms with van der Waals surface area (Å²) in [7, 11) is 0. The average Bonchev–Trinajstić information content (AvgIpc) is 2.40. The fourth-order valence-corrected chi connectivity index (χ4v) is 3.71. The van der Waals surface area contributed by atoms with Gasteiger partial charge in [-0.05, 0) is 25.7 Å². The summed E-state index contributed by atoms with van der Waals surface area (Å²) in [6.07, 6.45) is 7.68.